The third-order valence-corrected chi connectivity index (χ3v) is 5.95. The summed E-state index contributed by atoms with van der Waals surface area (Å²) in [5.74, 6) is 0.895. The number of ether oxygens (including phenoxy) is 4. The van der Waals surface area contributed by atoms with Gasteiger partial charge in [-0.05, 0) is 48.7 Å². The molecule has 0 spiro atoms. The minimum Gasteiger partial charge on any atom is -0.495 e. The first-order chi connectivity index (χ1) is 15.0. The van der Waals surface area contributed by atoms with E-state index in [9.17, 15) is 9.59 Å². The first-order valence-corrected chi connectivity index (χ1v) is 10.6. The van der Waals surface area contributed by atoms with Gasteiger partial charge in [0.2, 0.25) is 0 Å². The van der Waals surface area contributed by atoms with Gasteiger partial charge < -0.3 is 24.3 Å². The highest BCUT2D eigenvalue weighted by molar-refractivity contribution is 6.31. The van der Waals surface area contributed by atoms with Crippen LogP contribution in [0.5, 0.6) is 17.2 Å². The highest BCUT2D eigenvalue weighted by atomic mass is 35.5. The van der Waals surface area contributed by atoms with E-state index in [4.69, 9.17) is 30.5 Å². The fourth-order valence-corrected chi connectivity index (χ4v) is 4.34. The van der Waals surface area contributed by atoms with E-state index in [1.807, 2.05) is 18.2 Å². The monoisotopic (exact) mass is 445 g/mol. The van der Waals surface area contributed by atoms with Crippen LogP contribution in [-0.4, -0.2) is 38.8 Å². The molecule has 2 aromatic rings. The first kappa shape index (κ1) is 21.3. The van der Waals surface area contributed by atoms with Crippen molar-refractivity contribution >= 4 is 29.2 Å². The number of hydrogen-bond acceptors (Lipinski definition) is 6. The van der Waals surface area contributed by atoms with Crippen molar-refractivity contribution in [3.8, 4) is 17.2 Å². The van der Waals surface area contributed by atoms with E-state index in [1.165, 1.54) is 7.11 Å². The van der Waals surface area contributed by atoms with Crippen molar-refractivity contribution in [3.05, 3.63) is 47.0 Å². The summed E-state index contributed by atoms with van der Waals surface area (Å²) in [6, 6.07) is 10.5. The van der Waals surface area contributed by atoms with E-state index in [0.29, 0.717) is 54.0 Å². The number of amides is 1. The van der Waals surface area contributed by atoms with Crippen molar-refractivity contribution in [2.45, 2.75) is 31.1 Å². The number of benzene rings is 2. The van der Waals surface area contributed by atoms with Gasteiger partial charge in [-0.2, -0.15) is 0 Å². The quantitative estimate of drug-likeness (QED) is 0.673. The van der Waals surface area contributed by atoms with Gasteiger partial charge in [0.15, 0.2) is 18.1 Å². The summed E-state index contributed by atoms with van der Waals surface area (Å²) in [5, 5.41) is 3.13. The zero-order valence-electron chi connectivity index (χ0n) is 17.2. The van der Waals surface area contributed by atoms with E-state index in [2.05, 4.69) is 5.32 Å². The lowest BCUT2D eigenvalue weighted by Crippen LogP contribution is -2.36. The Morgan fingerprint density at radius 2 is 1.81 bits per heavy atom. The number of rotatable bonds is 6. The molecule has 1 amide bonds. The topological polar surface area (TPSA) is 83.1 Å². The predicted molar refractivity (Wildman–Crippen MR) is 115 cm³/mol. The molecule has 1 aliphatic carbocycles. The normalized spacial score (nSPS) is 16.5. The summed E-state index contributed by atoms with van der Waals surface area (Å²) in [7, 11) is 1.50. The maximum Gasteiger partial charge on any atom is 0.317 e. The van der Waals surface area contributed by atoms with Gasteiger partial charge in [0, 0.05) is 5.02 Å². The van der Waals surface area contributed by atoms with Gasteiger partial charge in [-0.15, -0.1) is 0 Å². The number of carbonyl (C=O) groups is 2. The highest BCUT2D eigenvalue weighted by Gasteiger charge is 2.45. The summed E-state index contributed by atoms with van der Waals surface area (Å²) in [6.07, 6.45) is 3.15. The molecule has 2 aliphatic rings. The molecule has 0 atom stereocenters. The van der Waals surface area contributed by atoms with Crippen LogP contribution in [0.2, 0.25) is 5.02 Å². The lowest BCUT2D eigenvalue weighted by molar-refractivity contribution is -0.153. The summed E-state index contributed by atoms with van der Waals surface area (Å²) in [5.41, 5.74) is 0.457. The Kier molecular flexibility index (Phi) is 6.23. The third kappa shape index (κ3) is 4.42. The molecule has 4 rings (SSSR count). The fraction of sp³-hybridized carbons (Fsp3) is 0.391. The summed E-state index contributed by atoms with van der Waals surface area (Å²) >= 11 is 6.00. The number of anilines is 1. The summed E-state index contributed by atoms with van der Waals surface area (Å²) in [4.78, 5) is 25.6. The van der Waals surface area contributed by atoms with Crippen LogP contribution in [0.25, 0.3) is 0 Å². The van der Waals surface area contributed by atoms with Crippen molar-refractivity contribution in [3.63, 3.8) is 0 Å². The summed E-state index contributed by atoms with van der Waals surface area (Å²) < 4.78 is 22.0. The lowest BCUT2D eigenvalue weighted by atomic mass is 9.78. The standard InChI is InChI=1S/C23H24ClNO6/c1-28-18-7-5-16(24)13-17(18)25-21(26)14-31-22(27)23(8-2-3-9-23)15-4-6-19-20(12-15)30-11-10-29-19/h4-7,12-13H,2-3,8-11,14H2,1H3,(H,25,26). The molecule has 1 heterocycles. The van der Waals surface area contributed by atoms with Crippen LogP contribution in [0.4, 0.5) is 5.69 Å². The van der Waals surface area contributed by atoms with Gasteiger partial charge in [-0.3, -0.25) is 9.59 Å². The molecule has 1 saturated carbocycles. The molecule has 0 aromatic heterocycles. The Balaban J connectivity index is 1.46. The molecule has 2 aromatic carbocycles. The SMILES string of the molecule is COc1ccc(Cl)cc1NC(=O)COC(=O)C1(c2ccc3c(c2)OCCO3)CCCC1. The zero-order chi connectivity index (χ0) is 21.8. The zero-order valence-corrected chi connectivity index (χ0v) is 18.0. The highest BCUT2D eigenvalue weighted by Crippen LogP contribution is 2.45. The second-order valence-corrected chi connectivity index (χ2v) is 8.05. The number of carbonyl (C=O) groups excluding carboxylic acids is 2. The smallest absolute Gasteiger partial charge is 0.317 e. The molecular formula is C23H24ClNO6. The van der Waals surface area contributed by atoms with Crippen LogP contribution in [0, 0.1) is 0 Å². The van der Waals surface area contributed by atoms with Crippen LogP contribution in [0.15, 0.2) is 36.4 Å². The minimum atomic E-state index is -0.788. The average Bonchev–Trinajstić information content (AvgIpc) is 3.28. The Hall–Kier alpha value is -2.93. The third-order valence-electron chi connectivity index (χ3n) is 5.71. The van der Waals surface area contributed by atoms with Crippen LogP contribution in [0.1, 0.15) is 31.2 Å². The van der Waals surface area contributed by atoms with E-state index in [0.717, 1.165) is 18.4 Å². The van der Waals surface area contributed by atoms with Gasteiger partial charge >= 0.3 is 5.97 Å². The molecule has 8 heteroatoms. The van der Waals surface area contributed by atoms with E-state index in [1.54, 1.807) is 18.2 Å². The molecule has 0 unspecified atom stereocenters. The number of hydrogen-bond donors (Lipinski definition) is 1. The Labute approximate surface area is 185 Å². The number of halogens is 1. The Bertz CT molecular complexity index is 986. The van der Waals surface area contributed by atoms with E-state index in [-0.39, 0.29) is 0 Å². The maximum atomic E-state index is 13.1. The molecule has 0 saturated heterocycles. The number of methoxy groups -OCH3 is 1. The molecule has 0 bridgehead atoms. The molecule has 164 valence electrons. The van der Waals surface area contributed by atoms with Crippen LogP contribution in [0.3, 0.4) is 0 Å². The second kappa shape index (κ2) is 9.06. The molecule has 7 nitrogen and oxygen atoms in total. The van der Waals surface area contributed by atoms with Crippen LogP contribution < -0.4 is 19.5 Å². The molecule has 31 heavy (non-hydrogen) atoms. The molecular weight excluding hydrogens is 422 g/mol. The molecule has 0 radical (unpaired) electrons. The van der Waals surface area contributed by atoms with Crippen molar-refractivity contribution in [2.24, 2.45) is 0 Å². The van der Waals surface area contributed by atoms with Crippen molar-refractivity contribution in [1.29, 1.82) is 0 Å². The lowest BCUT2D eigenvalue weighted by Gasteiger charge is -2.28. The maximum absolute atomic E-state index is 13.1. The first-order valence-electron chi connectivity index (χ1n) is 10.2. The molecule has 1 fully saturated rings. The summed E-state index contributed by atoms with van der Waals surface area (Å²) in [6.45, 7) is 0.577. The number of nitrogens with one attached hydrogen (secondary N) is 1. The van der Waals surface area contributed by atoms with Gasteiger partial charge in [-0.1, -0.05) is 30.5 Å². The largest absolute Gasteiger partial charge is 0.495 e. The number of esters is 1. The van der Waals surface area contributed by atoms with Gasteiger partial charge in [0.05, 0.1) is 18.2 Å². The Morgan fingerprint density at radius 3 is 2.55 bits per heavy atom. The van der Waals surface area contributed by atoms with Gasteiger partial charge in [0.1, 0.15) is 19.0 Å². The number of fused-ring (bicyclic) bond motifs is 1. The predicted octanol–water partition coefficient (Wildman–Crippen LogP) is 4.11. The van der Waals surface area contributed by atoms with Gasteiger partial charge in [0.25, 0.3) is 5.91 Å². The van der Waals surface area contributed by atoms with E-state index < -0.39 is 23.9 Å². The van der Waals surface area contributed by atoms with E-state index >= 15 is 0 Å². The van der Waals surface area contributed by atoms with Crippen LogP contribution >= 0.6 is 11.6 Å². The molecule has 1 N–H and O–H groups in total. The molecule has 1 aliphatic heterocycles. The fourth-order valence-electron chi connectivity index (χ4n) is 4.16. The minimum absolute atomic E-state index is 0.402. The van der Waals surface area contributed by atoms with Crippen molar-refractivity contribution in [2.75, 3.05) is 32.2 Å². The Morgan fingerprint density at radius 1 is 1.06 bits per heavy atom. The van der Waals surface area contributed by atoms with Crippen LogP contribution in [-0.2, 0) is 19.7 Å². The van der Waals surface area contributed by atoms with Crippen molar-refractivity contribution < 1.29 is 28.5 Å². The van der Waals surface area contributed by atoms with Crippen molar-refractivity contribution in [1.82, 2.24) is 0 Å². The average molecular weight is 446 g/mol. The van der Waals surface area contributed by atoms with Gasteiger partial charge in [-0.25, -0.2) is 0 Å². The second-order valence-electron chi connectivity index (χ2n) is 7.62.